The lowest BCUT2D eigenvalue weighted by atomic mass is 10.1. The van der Waals surface area contributed by atoms with Crippen LogP contribution in [0.3, 0.4) is 0 Å². The number of hydrogen-bond donors (Lipinski definition) is 2. The van der Waals surface area contributed by atoms with E-state index < -0.39 is 11.8 Å². The van der Waals surface area contributed by atoms with Crippen molar-refractivity contribution >= 4 is 44.3 Å². The molecule has 32 heavy (non-hydrogen) atoms. The molecule has 9 heteroatoms. The van der Waals surface area contributed by atoms with Crippen LogP contribution in [0.1, 0.15) is 30.6 Å². The molecule has 0 fully saturated rings. The maximum absolute atomic E-state index is 12.3. The van der Waals surface area contributed by atoms with E-state index in [0.717, 1.165) is 11.9 Å². The van der Waals surface area contributed by atoms with Crippen molar-refractivity contribution in [2.24, 2.45) is 16.1 Å². The smallest absolute Gasteiger partial charge is 0.283 e. The molecule has 0 aliphatic rings. The molecule has 0 spiro atoms. The minimum Gasteiger partial charge on any atom is -0.497 e. The van der Waals surface area contributed by atoms with E-state index in [1.54, 1.807) is 48.1 Å². The molecule has 0 bridgehead atoms. The molecular formula is C23H25BrN4O4. The Kier molecular flexibility index (Phi) is 7.63. The first-order valence-corrected chi connectivity index (χ1v) is 11.0. The number of aromatic hydroxyl groups is 1. The SMILES string of the molecule is COc1ccc2c(c1)c(N=NC(=O)CNC(=O)c1ccccc1Br)c(O)n2CCC(C)C. The van der Waals surface area contributed by atoms with Crippen LogP contribution in [-0.4, -0.2) is 35.1 Å². The van der Waals surface area contributed by atoms with Gasteiger partial charge < -0.3 is 19.7 Å². The number of nitrogens with zero attached hydrogens (tertiary/aromatic N) is 3. The average Bonchev–Trinajstić information content (AvgIpc) is 3.04. The van der Waals surface area contributed by atoms with E-state index in [4.69, 9.17) is 4.74 Å². The first kappa shape index (κ1) is 23.5. The fourth-order valence-electron chi connectivity index (χ4n) is 3.18. The summed E-state index contributed by atoms with van der Waals surface area (Å²) in [5.41, 5.74) is 1.37. The van der Waals surface area contributed by atoms with Crippen LogP contribution in [-0.2, 0) is 11.3 Å². The van der Waals surface area contributed by atoms with Gasteiger partial charge in [-0.1, -0.05) is 26.0 Å². The highest BCUT2D eigenvalue weighted by Crippen LogP contribution is 2.40. The number of carbonyl (C=O) groups excluding carboxylic acids is 2. The molecule has 2 aromatic carbocycles. The highest BCUT2D eigenvalue weighted by molar-refractivity contribution is 9.10. The van der Waals surface area contributed by atoms with Crippen molar-refractivity contribution in [1.82, 2.24) is 9.88 Å². The summed E-state index contributed by atoms with van der Waals surface area (Å²) in [4.78, 5) is 24.5. The quantitative estimate of drug-likeness (QED) is 0.414. The second-order valence-corrected chi connectivity index (χ2v) is 8.50. The van der Waals surface area contributed by atoms with Crippen molar-refractivity contribution in [3.8, 4) is 11.6 Å². The standard InChI is InChI=1S/C23H25BrN4O4/c1-14(2)10-11-28-19-9-8-15(32-3)12-17(19)21(23(28)31)27-26-20(29)13-25-22(30)16-6-4-5-7-18(16)24/h4-9,12,14,31H,10-11,13H2,1-3H3,(H,25,30). The Balaban J connectivity index is 1.80. The van der Waals surface area contributed by atoms with Crippen LogP contribution in [0.15, 0.2) is 57.2 Å². The molecule has 0 saturated heterocycles. The first-order chi connectivity index (χ1) is 15.3. The van der Waals surface area contributed by atoms with Crippen LogP contribution < -0.4 is 10.1 Å². The monoisotopic (exact) mass is 500 g/mol. The van der Waals surface area contributed by atoms with Crippen molar-refractivity contribution < 1.29 is 19.4 Å². The van der Waals surface area contributed by atoms with Gasteiger partial charge in [-0.2, -0.15) is 0 Å². The Labute approximate surface area is 194 Å². The number of rotatable bonds is 8. The van der Waals surface area contributed by atoms with Crippen molar-refractivity contribution in [2.75, 3.05) is 13.7 Å². The molecule has 0 aliphatic heterocycles. The molecule has 3 rings (SSSR count). The third-order valence-electron chi connectivity index (χ3n) is 4.93. The van der Waals surface area contributed by atoms with Crippen molar-refractivity contribution in [3.05, 3.63) is 52.5 Å². The highest BCUT2D eigenvalue weighted by atomic mass is 79.9. The topological polar surface area (TPSA) is 105 Å². The summed E-state index contributed by atoms with van der Waals surface area (Å²) < 4.78 is 7.66. The average molecular weight is 501 g/mol. The molecule has 0 aliphatic carbocycles. The first-order valence-electron chi connectivity index (χ1n) is 10.2. The number of carbonyl (C=O) groups is 2. The number of aryl methyl sites for hydroxylation is 1. The highest BCUT2D eigenvalue weighted by Gasteiger charge is 2.18. The Bertz CT molecular complexity index is 1170. The van der Waals surface area contributed by atoms with Gasteiger partial charge in [0.25, 0.3) is 11.8 Å². The van der Waals surface area contributed by atoms with Crippen LogP contribution >= 0.6 is 15.9 Å². The molecule has 0 saturated carbocycles. The maximum atomic E-state index is 12.3. The molecule has 0 unspecified atom stereocenters. The number of halogens is 1. The predicted molar refractivity (Wildman–Crippen MR) is 126 cm³/mol. The Morgan fingerprint density at radius 3 is 2.66 bits per heavy atom. The van der Waals surface area contributed by atoms with E-state index in [0.29, 0.717) is 33.6 Å². The second kappa shape index (κ2) is 10.4. The van der Waals surface area contributed by atoms with Gasteiger partial charge in [-0.05, 0) is 58.6 Å². The summed E-state index contributed by atoms with van der Waals surface area (Å²) in [7, 11) is 1.55. The lowest BCUT2D eigenvalue weighted by Crippen LogP contribution is -2.28. The van der Waals surface area contributed by atoms with Crippen LogP contribution in [0.2, 0.25) is 0 Å². The Morgan fingerprint density at radius 1 is 1.22 bits per heavy atom. The van der Waals surface area contributed by atoms with E-state index >= 15 is 0 Å². The molecule has 0 radical (unpaired) electrons. The number of ether oxygens (including phenoxy) is 1. The Hall–Kier alpha value is -3.20. The van der Waals surface area contributed by atoms with E-state index in [2.05, 4.69) is 45.3 Å². The fraction of sp³-hybridized carbons (Fsp3) is 0.304. The van der Waals surface area contributed by atoms with Gasteiger partial charge in [0.15, 0.2) is 5.69 Å². The number of azo groups is 1. The minimum atomic E-state index is -0.643. The van der Waals surface area contributed by atoms with Gasteiger partial charge in [0.2, 0.25) is 5.88 Å². The molecule has 1 aromatic heterocycles. The zero-order valence-corrected chi connectivity index (χ0v) is 19.7. The number of amides is 2. The maximum Gasteiger partial charge on any atom is 0.283 e. The summed E-state index contributed by atoms with van der Waals surface area (Å²) in [6.45, 7) is 4.48. The van der Waals surface area contributed by atoms with E-state index in [9.17, 15) is 14.7 Å². The summed E-state index contributed by atoms with van der Waals surface area (Å²) in [5, 5.41) is 21.6. The summed E-state index contributed by atoms with van der Waals surface area (Å²) >= 11 is 3.30. The van der Waals surface area contributed by atoms with Gasteiger partial charge >= 0.3 is 0 Å². The van der Waals surface area contributed by atoms with Crippen LogP contribution in [0, 0.1) is 5.92 Å². The molecule has 2 N–H and O–H groups in total. The van der Waals surface area contributed by atoms with Gasteiger partial charge in [-0.25, -0.2) is 0 Å². The van der Waals surface area contributed by atoms with Crippen LogP contribution in [0.5, 0.6) is 11.6 Å². The number of nitrogens with one attached hydrogen (secondary N) is 1. The summed E-state index contributed by atoms with van der Waals surface area (Å²) in [5.74, 6) is -0.0654. The zero-order chi connectivity index (χ0) is 23.3. The predicted octanol–water partition coefficient (Wildman–Crippen LogP) is 5.20. The second-order valence-electron chi connectivity index (χ2n) is 7.65. The minimum absolute atomic E-state index is 0.0669. The molecule has 168 valence electrons. The third-order valence-corrected chi connectivity index (χ3v) is 5.62. The molecule has 1 heterocycles. The molecule has 2 amide bonds. The van der Waals surface area contributed by atoms with Crippen LogP contribution in [0.4, 0.5) is 5.69 Å². The van der Waals surface area contributed by atoms with Gasteiger partial charge in [0, 0.05) is 16.4 Å². The summed E-state index contributed by atoms with van der Waals surface area (Å²) in [6.07, 6.45) is 0.861. The van der Waals surface area contributed by atoms with Gasteiger partial charge in [0.05, 0.1) is 18.2 Å². The largest absolute Gasteiger partial charge is 0.497 e. The summed E-state index contributed by atoms with van der Waals surface area (Å²) in [6, 6.07) is 12.3. The van der Waals surface area contributed by atoms with Crippen LogP contribution in [0.25, 0.3) is 10.9 Å². The van der Waals surface area contributed by atoms with Gasteiger partial charge in [0.1, 0.15) is 12.3 Å². The number of methoxy groups -OCH3 is 1. The number of benzene rings is 2. The number of hydrogen-bond acceptors (Lipinski definition) is 5. The van der Waals surface area contributed by atoms with E-state index in [1.807, 2.05) is 6.07 Å². The zero-order valence-electron chi connectivity index (χ0n) is 18.1. The number of aromatic nitrogens is 1. The molecule has 3 aromatic rings. The van der Waals surface area contributed by atoms with Crippen molar-refractivity contribution in [3.63, 3.8) is 0 Å². The van der Waals surface area contributed by atoms with Crippen molar-refractivity contribution in [1.29, 1.82) is 0 Å². The lowest BCUT2D eigenvalue weighted by molar-refractivity contribution is -0.117. The molecule has 8 nitrogen and oxygen atoms in total. The lowest BCUT2D eigenvalue weighted by Gasteiger charge is -2.09. The number of fused-ring (bicyclic) bond motifs is 1. The van der Waals surface area contributed by atoms with E-state index in [-0.39, 0.29) is 18.1 Å². The fourth-order valence-corrected chi connectivity index (χ4v) is 3.64. The van der Waals surface area contributed by atoms with E-state index in [1.165, 1.54) is 0 Å². The Morgan fingerprint density at radius 2 is 1.97 bits per heavy atom. The molecular weight excluding hydrogens is 476 g/mol. The molecule has 0 atom stereocenters. The van der Waals surface area contributed by atoms with Gasteiger partial charge in [-0.3, -0.25) is 9.59 Å². The normalized spacial score (nSPS) is 11.4. The van der Waals surface area contributed by atoms with Gasteiger partial charge in [-0.15, -0.1) is 10.2 Å². The third kappa shape index (κ3) is 5.34. The van der Waals surface area contributed by atoms with Crippen molar-refractivity contribution in [2.45, 2.75) is 26.8 Å².